The van der Waals surface area contributed by atoms with Gasteiger partial charge in [-0.05, 0) is 37.8 Å². The third-order valence-corrected chi connectivity index (χ3v) is 5.35. The Balaban J connectivity index is 1.69. The van der Waals surface area contributed by atoms with Gasteiger partial charge in [-0.3, -0.25) is 4.79 Å². The first kappa shape index (κ1) is 18.5. The lowest BCUT2D eigenvalue weighted by Crippen LogP contribution is -2.45. The SMILES string of the molecule is CC(C)c1nc(SCC(=O)NC2(C#N)CCCC2)nn1-c1ccccc1. The Morgan fingerprint density at radius 3 is 2.65 bits per heavy atom. The molecule has 1 amide bonds. The van der Waals surface area contributed by atoms with E-state index in [0.29, 0.717) is 5.16 Å². The van der Waals surface area contributed by atoms with Gasteiger partial charge in [-0.25, -0.2) is 9.67 Å². The first-order chi connectivity index (χ1) is 12.5. The first-order valence-corrected chi connectivity index (χ1v) is 9.89. The van der Waals surface area contributed by atoms with Crippen molar-refractivity contribution >= 4 is 17.7 Å². The van der Waals surface area contributed by atoms with Gasteiger partial charge in [0.25, 0.3) is 0 Å². The lowest BCUT2D eigenvalue weighted by molar-refractivity contribution is -0.119. The first-order valence-electron chi connectivity index (χ1n) is 8.90. The number of rotatable bonds is 6. The van der Waals surface area contributed by atoms with Crippen LogP contribution in [0, 0.1) is 11.3 Å². The van der Waals surface area contributed by atoms with Gasteiger partial charge in [-0.15, -0.1) is 5.10 Å². The Labute approximate surface area is 158 Å². The summed E-state index contributed by atoms with van der Waals surface area (Å²) in [4.78, 5) is 16.9. The molecule has 1 aromatic carbocycles. The van der Waals surface area contributed by atoms with Crippen molar-refractivity contribution in [3.63, 3.8) is 0 Å². The van der Waals surface area contributed by atoms with E-state index in [1.807, 2.05) is 35.0 Å². The fourth-order valence-corrected chi connectivity index (χ4v) is 3.80. The quantitative estimate of drug-likeness (QED) is 0.789. The fraction of sp³-hybridized carbons (Fsp3) is 0.474. The van der Waals surface area contributed by atoms with E-state index in [-0.39, 0.29) is 17.6 Å². The molecule has 26 heavy (non-hydrogen) atoms. The number of hydrogen-bond acceptors (Lipinski definition) is 5. The Morgan fingerprint density at radius 2 is 2.04 bits per heavy atom. The summed E-state index contributed by atoms with van der Waals surface area (Å²) in [5.41, 5.74) is 0.270. The van der Waals surface area contributed by atoms with Gasteiger partial charge in [0.2, 0.25) is 11.1 Å². The van der Waals surface area contributed by atoms with Crippen molar-refractivity contribution in [3.05, 3.63) is 36.2 Å². The number of para-hydroxylation sites is 1. The van der Waals surface area contributed by atoms with Crippen molar-refractivity contribution in [2.24, 2.45) is 0 Å². The second kappa shape index (κ2) is 7.92. The van der Waals surface area contributed by atoms with Crippen molar-refractivity contribution in [2.45, 2.75) is 56.1 Å². The average molecular weight is 369 g/mol. The predicted molar refractivity (Wildman–Crippen MR) is 101 cm³/mol. The standard InChI is InChI=1S/C19H23N5OS/c1-14(2)17-21-18(23-24(17)15-8-4-3-5-9-15)26-12-16(25)22-19(13-20)10-6-7-11-19/h3-5,8-9,14H,6-7,10-12H2,1-2H3,(H,22,25). The van der Waals surface area contributed by atoms with Crippen LogP contribution in [0.3, 0.4) is 0 Å². The van der Waals surface area contributed by atoms with Gasteiger partial charge in [-0.1, -0.05) is 43.8 Å². The highest BCUT2D eigenvalue weighted by molar-refractivity contribution is 7.99. The molecule has 0 radical (unpaired) electrons. The molecule has 1 heterocycles. The summed E-state index contributed by atoms with van der Waals surface area (Å²) in [6, 6.07) is 12.1. The summed E-state index contributed by atoms with van der Waals surface area (Å²) in [6.45, 7) is 4.14. The van der Waals surface area contributed by atoms with Crippen LogP contribution in [-0.4, -0.2) is 32.0 Å². The molecule has 0 unspecified atom stereocenters. The van der Waals surface area contributed by atoms with Crippen LogP contribution in [-0.2, 0) is 4.79 Å². The van der Waals surface area contributed by atoms with E-state index in [2.05, 4.69) is 35.3 Å². The summed E-state index contributed by atoms with van der Waals surface area (Å²) < 4.78 is 1.83. The lowest BCUT2D eigenvalue weighted by Gasteiger charge is -2.21. The number of carbonyl (C=O) groups excluding carboxylic acids is 1. The van der Waals surface area contributed by atoms with E-state index < -0.39 is 5.54 Å². The van der Waals surface area contributed by atoms with Crippen LogP contribution in [0.15, 0.2) is 35.5 Å². The van der Waals surface area contributed by atoms with Crippen LogP contribution in [0.25, 0.3) is 5.69 Å². The van der Waals surface area contributed by atoms with Crippen LogP contribution >= 0.6 is 11.8 Å². The van der Waals surface area contributed by atoms with E-state index in [4.69, 9.17) is 0 Å². The van der Waals surface area contributed by atoms with E-state index >= 15 is 0 Å². The molecule has 1 aliphatic carbocycles. The molecule has 7 heteroatoms. The van der Waals surface area contributed by atoms with Crippen molar-refractivity contribution in [1.82, 2.24) is 20.1 Å². The number of hydrogen-bond donors (Lipinski definition) is 1. The average Bonchev–Trinajstić information content (AvgIpc) is 3.28. The van der Waals surface area contributed by atoms with Gasteiger partial charge in [0.15, 0.2) is 0 Å². The van der Waals surface area contributed by atoms with Crippen molar-refractivity contribution in [2.75, 3.05) is 5.75 Å². The highest BCUT2D eigenvalue weighted by atomic mass is 32.2. The van der Waals surface area contributed by atoms with E-state index in [1.165, 1.54) is 11.8 Å². The summed E-state index contributed by atoms with van der Waals surface area (Å²) in [5, 5.41) is 17.4. The smallest absolute Gasteiger partial charge is 0.231 e. The Bertz CT molecular complexity index is 803. The zero-order valence-corrected chi connectivity index (χ0v) is 15.9. The minimum Gasteiger partial charge on any atom is -0.337 e. The highest BCUT2D eigenvalue weighted by Crippen LogP contribution is 2.29. The summed E-state index contributed by atoms with van der Waals surface area (Å²) >= 11 is 1.30. The number of nitrogens with zero attached hydrogens (tertiary/aromatic N) is 4. The molecule has 1 aliphatic rings. The molecule has 1 N–H and O–H groups in total. The number of carbonyl (C=O) groups is 1. The topological polar surface area (TPSA) is 83.6 Å². The fourth-order valence-electron chi connectivity index (χ4n) is 3.17. The van der Waals surface area contributed by atoms with Crippen LogP contribution in [0.2, 0.25) is 0 Å². The second-order valence-corrected chi connectivity index (χ2v) is 7.83. The van der Waals surface area contributed by atoms with Crippen molar-refractivity contribution in [3.8, 4) is 11.8 Å². The molecule has 6 nitrogen and oxygen atoms in total. The molecular weight excluding hydrogens is 346 g/mol. The summed E-state index contributed by atoms with van der Waals surface area (Å²) in [7, 11) is 0. The molecule has 0 saturated heterocycles. The largest absolute Gasteiger partial charge is 0.337 e. The molecule has 0 atom stereocenters. The number of thioether (sulfide) groups is 1. The minimum absolute atomic E-state index is 0.138. The maximum Gasteiger partial charge on any atom is 0.231 e. The monoisotopic (exact) mass is 369 g/mol. The Morgan fingerprint density at radius 1 is 1.35 bits per heavy atom. The molecule has 136 valence electrons. The highest BCUT2D eigenvalue weighted by Gasteiger charge is 2.35. The molecule has 1 saturated carbocycles. The van der Waals surface area contributed by atoms with Crippen molar-refractivity contribution in [1.29, 1.82) is 5.26 Å². The Kier molecular flexibility index (Phi) is 5.62. The van der Waals surface area contributed by atoms with Gasteiger partial charge in [0.1, 0.15) is 11.4 Å². The molecular formula is C19H23N5OS. The van der Waals surface area contributed by atoms with Gasteiger partial charge >= 0.3 is 0 Å². The zero-order valence-electron chi connectivity index (χ0n) is 15.1. The number of benzene rings is 1. The number of nitrogens with one attached hydrogen (secondary N) is 1. The third kappa shape index (κ3) is 4.07. The van der Waals surface area contributed by atoms with Gasteiger partial charge in [0.05, 0.1) is 17.5 Å². The van der Waals surface area contributed by atoms with Crippen LogP contribution in [0.1, 0.15) is 51.3 Å². The lowest BCUT2D eigenvalue weighted by atomic mass is 10.0. The van der Waals surface area contributed by atoms with E-state index in [9.17, 15) is 10.1 Å². The van der Waals surface area contributed by atoms with Gasteiger partial charge in [0, 0.05) is 5.92 Å². The maximum atomic E-state index is 12.3. The number of aromatic nitrogens is 3. The summed E-state index contributed by atoms with van der Waals surface area (Å²) in [5.74, 6) is 1.15. The normalized spacial score (nSPS) is 15.8. The van der Waals surface area contributed by atoms with Gasteiger partial charge < -0.3 is 5.32 Å². The maximum absolute atomic E-state index is 12.3. The van der Waals surface area contributed by atoms with E-state index in [1.54, 1.807) is 0 Å². The van der Waals surface area contributed by atoms with Crippen molar-refractivity contribution < 1.29 is 4.79 Å². The van der Waals surface area contributed by atoms with Crippen LogP contribution in [0.4, 0.5) is 0 Å². The van der Waals surface area contributed by atoms with Crippen LogP contribution < -0.4 is 5.32 Å². The zero-order chi connectivity index (χ0) is 18.6. The third-order valence-electron chi connectivity index (χ3n) is 4.51. The molecule has 3 rings (SSSR count). The molecule has 0 bridgehead atoms. The van der Waals surface area contributed by atoms with E-state index in [0.717, 1.165) is 37.2 Å². The minimum atomic E-state index is -0.683. The molecule has 0 spiro atoms. The second-order valence-electron chi connectivity index (χ2n) is 6.89. The summed E-state index contributed by atoms with van der Waals surface area (Å²) in [6.07, 6.45) is 3.44. The molecule has 2 aromatic rings. The number of nitriles is 1. The molecule has 1 aromatic heterocycles. The number of amides is 1. The van der Waals surface area contributed by atoms with Crippen LogP contribution in [0.5, 0.6) is 0 Å². The molecule has 1 fully saturated rings. The molecule has 0 aliphatic heterocycles. The predicted octanol–water partition coefficient (Wildman–Crippen LogP) is 3.44. The van der Waals surface area contributed by atoms with Gasteiger partial charge in [-0.2, -0.15) is 5.26 Å². The Hall–Kier alpha value is -2.33.